The first-order valence-corrected chi connectivity index (χ1v) is 7.41. The van der Waals surface area contributed by atoms with Gasteiger partial charge in [0, 0.05) is 6.54 Å². The van der Waals surface area contributed by atoms with Crippen LogP contribution in [0.1, 0.15) is 30.6 Å². The van der Waals surface area contributed by atoms with Crippen LogP contribution in [0.4, 0.5) is 4.39 Å². The van der Waals surface area contributed by atoms with Gasteiger partial charge in [-0.2, -0.15) is 0 Å². The summed E-state index contributed by atoms with van der Waals surface area (Å²) in [7, 11) is 0. The van der Waals surface area contributed by atoms with E-state index in [4.69, 9.17) is 11.6 Å². The van der Waals surface area contributed by atoms with E-state index in [-0.39, 0.29) is 29.6 Å². The molecule has 7 heteroatoms. The van der Waals surface area contributed by atoms with E-state index in [1.165, 1.54) is 12.1 Å². The molecule has 0 aliphatic carbocycles. The molecule has 0 saturated carbocycles. The van der Waals surface area contributed by atoms with Gasteiger partial charge in [0.2, 0.25) is 5.91 Å². The number of halogens is 2. The lowest BCUT2D eigenvalue weighted by Crippen LogP contribution is -2.41. The van der Waals surface area contributed by atoms with Crippen LogP contribution in [0.5, 0.6) is 0 Å². The average molecular weight is 331 g/mol. The third-order valence-electron chi connectivity index (χ3n) is 3.41. The topological polar surface area (TPSA) is 78.4 Å². The number of nitrogens with one attached hydrogen (secondary N) is 2. The van der Waals surface area contributed by atoms with Crippen molar-refractivity contribution in [3.63, 3.8) is 0 Å². The van der Waals surface area contributed by atoms with E-state index in [0.717, 1.165) is 12.5 Å². The minimum absolute atomic E-state index is 0.0231. The predicted molar refractivity (Wildman–Crippen MR) is 82.2 cm³/mol. The maximum atomic E-state index is 13.5. The fourth-order valence-corrected chi connectivity index (χ4v) is 1.97. The number of carbonyl (C=O) groups is 2. The molecule has 1 aromatic carbocycles. The molecule has 0 radical (unpaired) electrons. The van der Waals surface area contributed by atoms with Crippen LogP contribution in [0.3, 0.4) is 0 Å². The lowest BCUT2D eigenvalue weighted by molar-refractivity contribution is -0.120. The van der Waals surface area contributed by atoms with Gasteiger partial charge >= 0.3 is 0 Å². The van der Waals surface area contributed by atoms with Gasteiger partial charge in [-0.3, -0.25) is 9.59 Å². The Morgan fingerprint density at radius 2 is 2.05 bits per heavy atom. The Labute approximate surface area is 133 Å². The van der Waals surface area contributed by atoms with Crippen molar-refractivity contribution in [1.82, 2.24) is 10.6 Å². The van der Waals surface area contributed by atoms with Crippen molar-refractivity contribution in [2.24, 2.45) is 5.92 Å². The first kappa shape index (κ1) is 18.4. The predicted octanol–water partition coefficient (Wildman–Crippen LogP) is 1.73. The Morgan fingerprint density at radius 3 is 2.64 bits per heavy atom. The zero-order valence-electron chi connectivity index (χ0n) is 12.5. The van der Waals surface area contributed by atoms with E-state index >= 15 is 0 Å². The standard InChI is InChI=1S/C15H20ClFN2O3/c1-3-9(2)12(20)7-18-13(21)8-19-15(22)14-10(16)5-4-6-11(14)17/h4-6,9,12,20H,3,7-8H2,1-2H3,(H,18,21)(H,19,22). The van der Waals surface area contributed by atoms with Crippen molar-refractivity contribution in [2.75, 3.05) is 13.1 Å². The molecule has 0 aromatic heterocycles. The van der Waals surface area contributed by atoms with Crippen LogP contribution in [0.2, 0.25) is 5.02 Å². The first-order valence-electron chi connectivity index (χ1n) is 7.03. The largest absolute Gasteiger partial charge is 0.391 e. The van der Waals surface area contributed by atoms with Crippen LogP contribution in [-0.4, -0.2) is 36.1 Å². The number of aliphatic hydroxyl groups is 1. The Morgan fingerprint density at radius 1 is 1.36 bits per heavy atom. The zero-order valence-corrected chi connectivity index (χ0v) is 13.3. The molecule has 0 saturated heterocycles. The first-order chi connectivity index (χ1) is 10.4. The quantitative estimate of drug-likeness (QED) is 0.712. The second-order valence-electron chi connectivity index (χ2n) is 5.04. The zero-order chi connectivity index (χ0) is 16.7. The van der Waals surface area contributed by atoms with Crippen LogP contribution in [0, 0.1) is 11.7 Å². The van der Waals surface area contributed by atoms with Crippen LogP contribution >= 0.6 is 11.6 Å². The highest BCUT2D eigenvalue weighted by Gasteiger charge is 2.17. The van der Waals surface area contributed by atoms with E-state index < -0.39 is 23.7 Å². The number of hydrogen-bond donors (Lipinski definition) is 3. The van der Waals surface area contributed by atoms with Gasteiger partial charge in [-0.1, -0.05) is 37.9 Å². The summed E-state index contributed by atoms with van der Waals surface area (Å²) in [6, 6.07) is 3.89. The van der Waals surface area contributed by atoms with Crippen molar-refractivity contribution >= 4 is 23.4 Å². The SMILES string of the molecule is CCC(C)C(O)CNC(=O)CNC(=O)c1c(F)cccc1Cl. The number of benzene rings is 1. The van der Waals surface area contributed by atoms with Crippen LogP contribution in [0.25, 0.3) is 0 Å². The van der Waals surface area contributed by atoms with E-state index in [1.54, 1.807) is 0 Å². The van der Waals surface area contributed by atoms with E-state index in [0.29, 0.717) is 0 Å². The smallest absolute Gasteiger partial charge is 0.256 e. The van der Waals surface area contributed by atoms with Crippen molar-refractivity contribution in [3.8, 4) is 0 Å². The maximum Gasteiger partial charge on any atom is 0.256 e. The molecular formula is C15H20ClFN2O3. The third-order valence-corrected chi connectivity index (χ3v) is 3.72. The third kappa shape index (κ3) is 5.27. The summed E-state index contributed by atoms with van der Waals surface area (Å²) in [5.41, 5.74) is -0.295. The minimum Gasteiger partial charge on any atom is -0.391 e. The average Bonchev–Trinajstić information content (AvgIpc) is 2.49. The molecule has 1 rings (SSSR count). The fraction of sp³-hybridized carbons (Fsp3) is 0.467. The second-order valence-corrected chi connectivity index (χ2v) is 5.44. The van der Waals surface area contributed by atoms with Gasteiger partial charge in [-0.15, -0.1) is 0 Å². The molecule has 2 amide bonds. The molecule has 2 unspecified atom stereocenters. The molecule has 22 heavy (non-hydrogen) atoms. The molecule has 0 fully saturated rings. The Bertz CT molecular complexity index is 519. The maximum absolute atomic E-state index is 13.5. The summed E-state index contributed by atoms with van der Waals surface area (Å²) in [5, 5.41) is 14.5. The lowest BCUT2D eigenvalue weighted by atomic mass is 10.0. The molecular weight excluding hydrogens is 311 g/mol. The number of hydrogen-bond acceptors (Lipinski definition) is 3. The molecule has 122 valence electrons. The molecule has 0 aliphatic rings. The van der Waals surface area contributed by atoms with Gasteiger partial charge in [0.15, 0.2) is 0 Å². The van der Waals surface area contributed by atoms with Gasteiger partial charge in [-0.25, -0.2) is 4.39 Å². The van der Waals surface area contributed by atoms with Gasteiger partial charge in [-0.05, 0) is 18.1 Å². The van der Waals surface area contributed by atoms with E-state index in [9.17, 15) is 19.1 Å². The second kappa shape index (κ2) is 8.70. The summed E-state index contributed by atoms with van der Waals surface area (Å²) in [5.74, 6) is -1.92. The Balaban J connectivity index is 2.46. The monoisotopic (exact) mass is 330 g/mol. The summed E-state index contributed by atoms with van der Waals surface area (Å²) in [6.45, 7) is 3.59. The Hall–Kier alpha value is -1.66. The van der Waals surface area contributed by atoms with E-state index in [2.05, 4.69) is 10.6 Å². The number of aliphatic hydroxyl groups excluding tert-OH is 1. The molecule has 0 heterocycles. The van der Waals surface area contributed by atoms with Crippen LogP contribution in [-0.2, 0) is 4.79 Å². The normalized spacial score (nSPS) is 13.3. The van der Waals surface area contributed by atoms with E-state index in [1.807, 2.05) is 13.8 Å². The highest BCUT2D eigenvalue weighted by Crippen LogP contribution is 2.18. The molecule has 0 bridgehead atoms. The van der Waals surface area contributed by atoms with Crippen molar-refractivity contribution in [1.29, 1.82) is 0 Å². The number of rotatable bonds is 7. The highest BCUT2D eigenvalue weighted by atomic mass is 35.5. The number of carbonyl (C=O) groups excluding carboxylic acids is 2. The van der Waals surface area contributed by atoms with Gasteiger partial charge in [0.25, 0.3) is 5.91 Å². The fourth-order valence-electron chi connectivity index (χ4n) is 1.72. The summed E-state index contributed by atoms with van der Waals surface area (Å²) >= 11 is 5.76. The molecule has 0 aliphatic heterocycles. The molecule has 2 atom stereocenters. The van der Waals surface area contributed by atoms with Crippen LogP contribution in [0.15, 0.2) is 18.2 Å². The van der Waals surface area contributed by atoms with Gasteiger partial charge < -0.3 is 15.7 Å². The van der Waals surface area contributed by atoms with Gasteiger partial charge in [0.05, 0.1) is 23.2 Å². The van der Waals surface area contributed by atoms with Crippen molar-refractivity contribution in [3.05, 3.63) is 34.6 Å². The summed E-state index contributed by atoms with van der Waals surface area (Å²) in [4.78, 5) is 23.4. The van der Waals surface area contributed by atoms with Crippen molar-refractivity contribution < 1.29 is 19.1 Å². The lowest BCUT2D eigenvalue weighted by Gasteiger charge is -2.17. The summed E-state index contributed by atoms with van der Waals surface area (Å²) in [6.07, 6.45) is 0.144. The minimum atomic E-state index is -0.763. The molecule has 3 N–H and O–H groups in total. The van der Waals surface area contributed by atoms with Gasteiger partial charge in [0.1, 0.15) is 5.82 Å². The molecule has 0 spiro atoms. The molecule has 5 nitrogen and oxygen atoms in total. The molecule has 1 aromatic rings. The Kier molecular flexibility index (Phi) is 7.27. The summed E-state index contributed by atoms with van der Waals surface area (Å²) < 4.78 is 13.5. The number of amides is 2. The van der Waals surface area contributed by atoms with Crippen molar-refractivity contribution in [2.45, 2.75) is 26.4 Å². The van der Waals surface area contributed by atoms with Crippen LogP contribution < -0.4 is 10.6 Å². The highest BCUT2D eigenvalue weighted by molar-refractivity contribution is 6.33.